The number of sulfonamides is 1. The molecule has 2 atom stereocenters. The third kappa shape index (κ3) is 7.18. The van der Waals surface area contributed by atoms with Gasteiger partial charge in [-0.3, -0.25) is 9.59 Å². The number of halogens is 2. The summed E-state index contributed by atoms with van der Waals surface area (Å²) in [6.07, 6.45) is 0.733. The number of rotatable bonds is 10. The standard InChI is InChI=1S/C24H31Cl2N3O4S/c1-6-17(3)27-24(31)18(4)29(14-19-9-12-21(25)22(26)13-19)23(30)15-28(5)34(32,33)20-10-7-16(2)8-11-20/h7-13,17-18H,6,14-15H2,1-5H3,(H,27,31)/t17-,18-/m1/s1. The van der Waals surface area contributed by atoms with Crippen LogP contribution in [0.25, 0.3) is 0 Å². The Balaban J connectivity index is 2.30. The molecule has 0 aliphatic rings. The van der Waals surface area contributed by atoms with Gasteiger partial charge in [0.25, 0.3) is 0 Å². The van der Waals surface area contributed by atoms with Crippen molar-refractivity contribution in [2.75, 3.05) is 13.6 Å². The molecular weight excluding hydrogens is 497 g/mol. The number of amides is 2. The average Bonchev–Trinajstić information content (AvgIpc) is 2.79. The number of hydrogen-bond acceptors (Lipinski definition) is 4. The van der Waals surface area contributed by atoms with Crippen LogP contribution < -0.4 is 5.32 Å². The number of aryl methyl sites for hydroxylation is 1. The quantitative estimate of drug-likeness (QED) is 0.500. The molecule has 0 aromatic heterocycles. The topological polar surface area (TPSA) is 86.8 Å². The molecule has 186 valence electrons. The Kier molecular flexibility index (Phi) is 9.94. The van der Waals surface area contributed by atoms with Crippen molar-refractivity contribution in [3.05, 3.63) is 63.6 Å². The first kappa shape index (κ1) is 28.1. The summed E-state index contributed by atoms with van der Waals surface area (Å²) < 4.78 is 26.9. The highest BCUT2D eigenvalue weighted by atomic mass is 35.5. The Morgan fingerprint density at radius 2 is 1.65 bits per heavy atom. The van der Waals surface area contributed by atoms with E-state index in [4.69, 9.17) is 23.2 Å². The monoisotopic (exact) mass is 527 g/mol. The number of hydrogen-bond donors (Lipinski definition) is 1. The molecule has 0 heterocycles. The minimum atomic E-state index is -3.89. The third-order valence-electron chi connectivity index (χ3n) is 5.59. The van der Waals surface area contributed by atoms with Gasteiger partial charge in [0, 0.05) is 19.6 Å². The van der Waals surface area contributed by atoms with Crippen LogP contribution in [0.15, 0.2) is 47.4 Å². The highest BCUT2D eigenvalue weighted by Crippen LogP contribution is 2.24. The van der Waals surface area contributed by atoms with Crippen molar-refractivity contribution in [1.29, 1.82) is 0 Å². The van der Waals surface area contributed by atoms with E-state index in [2.05, 4.69) is 5.32 Å². The molecule has 2 aromatic rings. The summed E-state index contributed by atoms with van der Waals surface area (Å²) >= 11 is 12.1. The van der Waals surface area contributed by atoms with Crippen LogP contribution in [0.4, 0.5) is 0 Å². The van der Waals surface area contributed by atoms with E-state index in [0.717, 1.165) is 16.3 Å². The van der Waals surface area contributed by atoms with E-state index in [1.165, 1.54) is 24.1 Å². The zero-order chi connectivity index (χ0) is 25.6. The Hall–Kier alpha value is -2.13. The number of carbonyl (C=O) groups excluding carboxylic acids is 2. The van der Waals surface area contributed by atoms with Crippen LogP contribution in [0, 0.1) is 6.92 Å². The average molecular weight is 529 g/mol. The van der Waals surface area contributed by atoms with E-state index < -0.39 is 28.5 Å². The predicted molar refractivity (Wildman–Crippen MR) is 135 cm³/mol. The number of nitrogens with one attached hydrogen (secondary N) is 1. The van der Waals surface area contributed by atoms with Gasteiger partial charge >= 0.3 is 0 Å². The fourth-order valence-electron chi connectivity index (χ4n) is 3.14. The normalized spacial score (nSPS) is 13.4. The summed E-state index contributed by atoms with van der Waals surface area (Å²) in [5.74, 6) is -0.845. The van der Waals surface area contributed by atoms with Crippen LogP contribution in [0.1, 0.15) is 38.3 Å². The molecule has 7 nitrogen and oxygen atoms in total. The Morgan fingerprint density at radius 1 is 1.03 bits per heavy atom. The lowest BCUT2D eigenvalue weighted by molar-refractivity contribution is -0.140. The minimum absolute atomic E-state index is 0.0588. The molecule has 2 rings (SSSR count). The lowest BCUT2D eigenvalue weighted by Crippen LogP contribution is -2.51. The van der Waals surface area contributed by atoms with E-state index >= 15 is 0 Å². The number of nitrogens with zero attached hydrogens (tertiary/aromatic N) is 2. The molecule has 0 aliphatic heterocycles. The summed E-state index contributed by atoms with van der Waals surface area (Å²) in [4.78, 5) is 27.6. The fraction of sp³-hybridized carbons (Fsp3) is 0.417. The van der Waals surface area contributed by atoms with Crippen molar-refractivity contribution in [1.82, 2.24) is 14.5 Å². The van der Waals surface area contributed by atoms with E-state index in [1.54, 1.807) is 37.3 Å². The van der Waals surface area contributed by atoms with Crippen LogP contribution in [0.5, 0.6) is 0 Å². The van der Waals surface area contributed by atoms with Crippen LogP contribution in [0.3, 0.4) is 0 Å². The zero-order valence-corrected chi connectivity index (χ0v) is 22.3. The van der Waals surface area contributed by atoms with Crippen molar-refractivity contribution in [2.24, 2.45) is 0 Å². The van der Waals surface area contributed by atoms with Gasteiger partial charge < -0.3 is 10.2 Å². The van der Waals surface area contributed by atoms with Crippen molar-refractivity contribution in [3.63, 3.8) is 0 Å². The summed E-state index contributed by atoms with van der Waals surface area (Å²) in [6.45, 7) is 6.91. The third-order valence-corrected chi connectivity index (χ3v) is 8.15. The molecule has 0 fully saturated rings. The van der Waals surface area contributed by atoms with Gasteiger partial charge in [-0.05, 0) is 57.0 Å². The molecule has 1 N–H and O–H groups in total. The molecule has 2 amide bonds. The molecule has 0 saturated carbocycles. The largest absolute Gasteiger partial charge is 0.352 e. The fourth-order valence-corrected chi connectivity index (χ4v) is 4.58. The first-order valence-electron chi connectivity index (χ1n) is 10.9. The van der Waals surface area contributed by atoms with Gasteiger partial charge in [0.2, 0.25) is 21.8 Å². The maximum atomic E-state index is 13.3. The smallest absolute Gasteiger partial charge is 0.243 e. The second-order valence-electron chi connectivity index (χ2n) is 8.34. The van der Waals surface area contributed by atoms with Crippen molar-refractivity contribution >= 4 is 45.0 Å². The van der Waals surface area contributed by atoms with Gasteiger partial charge in [0.15, 0.2) is 0 Å². The van der Waals surface area contributed by atoms with Gasteiger partial charge in [-0.1, -0.05) is 53.9 Å². The molecule has 0 radical (unpaired) electrons. The van der Waals surface area contributed by atoms with Crippen molar-refractivity contribution in [2.45, 2.75) is 57.6 Å². The molecule has 0 aliphatic carbocycles. The molecule has 34 heavy (non-hydrogen) atoms. The van der Waals surface area contributed by atoms with Gasteiger partial charge in [0.05, 0.1) is 21.5 Å². The first-order valence-corrected chi connectivity index (χ1v) is 13.1. The van der Waals surface area contributed by atoms with Gasteiger partial charge in [-0.2, -0.15) is 4.31 Å². The molecule has 0 saturated heterocycles. The molecular formula is C24H31Cl2N3O4S. The number of carbonyl (C=O) groups is 2. The second kappa shape index (κ2) is 12.0. The van der Waals surface area contributed by atoms with Gasteiger partial charge in [-0.15, -0.1) is 0 Å². The van der Waals surface area contributed by atoms with Crippen LogP contribution in [-0.2, 0) is 26.2 Å². The van der Waals surface area contributed by atoms with Crippen LogP contribution in [0.2, 0.25) is 10.0 Å². The number of likely N-dealkylation sites (N-methyl/N-ethyl adjacent to an activating group) is 1. The Labute approximate surface area is 212 Å². The zero-order valence-electron chi connectivity index (χ0n) is 20.0. The molecule has 0 bridgehead atoms. The highest BCUT2D eigenvalue weighted by Gasteiger charge is 2.30. The van der Waals surface area contributed by atoms with Gasteiger partial charge in [-0.25, -0.2) is 8.42 Å². The molecule has 10 heteroatoms. The minimum Gasteiger partial charge on any atom is -0.352 e. The maximum absolute atomic E-state index is 13.3. The van der Waals surface area contributed by atoms with Crippen LogP contribution in [-0.4, -0.2) is 55.1 Å². The Bertz CT molecular complexity index is 1120. The lowest BCUT2D eigenvalue weighted by Gasteiger charge is -2.31. The summed E-state index contributed by atoms with van der Waals surface area (Å²) in [7, 11) is -2.55. The van der Waals surface area contributed by atoms with Crippen LogP contribution >= 0.6 is 23.2 Å². The summed E-state index contributed by atoms with van der Waals surface area (Å²) in [6, 6.07) is 10.4. The predicted octanol–water partition coefficient (Wildman–Crippen LogP) is 4.25. The summed E-state index contributed by atoms with van der Waals surface area (Å²) in [5.41, 5.74) is 1.58. The van der Waals surface area contributed by atoms with E-state index in [-0.39, 0.29) is 23.4 Å². The first-order chi connectivity index (χ1) is 15.9. The lowest BCUT2D eigenvalue weighted by atomic mass is 10.1. The second-order valence-corrected chi connectivity index (χ2v) is 11.2. The van der Waals surface area contributed by atoms with Crippen molar-refractivity contribution in [3.8, 4) is 0 Å². The number of benzene rings is 2. The van der Waals surface area contributed by atoms with E-state index in [1.807, 2.05) is 20.8 Å². The van der Waals surface area contributed by atoms with Crippen molar-refractivity contribution < 1.29 is 18.0 Å². The SMILES string of the molecule is CC[C@@H](C)NC(=O)[C@@H](C)N(Cc1ccc(Cl)c(Cl)c1)C(=O)CN(C)S(=O)(=O)c1ccc(C)cc1. The molecule has 0 unspecified atom stereocenters. The van der Waals surface area contributed by atoms with E-state index in [0.29, 0.717) is 15.6 Å². The highest BCUT2D eigenvalue weighted by molar-refractivity contribution is 7.89. The maximum Gasteiger partial charge on any atom is 0.243 e. The Morgan fingerprint density at radius 3 is 2.21 bits per heavy atom. The molecule has 2 aromatic carbocycles. The van der Waals surface area contributed by atoms with E-state index in [9.17, 15) is 18.0 Å². The van der Waals surface area contributed by atoms with Gasteiger partial charge in [0.1, 0.15) is 6.04 Å². The molecule has 0 spiro atoms. The summed E-state index contributed by atoms with van der Waals surface area (Å²) in [5, 5.41) is 3.57.